The van der Waals surface area contributed by atoms with E-state index in [2.05, 4.69) is 34.0 Å². The van der Waals surface area contributed by atoms with Crippen molar-refractivity contribution in [2.45, 2.75) is 38.6 Å². The lowest BCUT2D eigenvalue weighted by molar-refractivity contribution is 0.151. The number of likely N-dealkylation sites (N-methyl/N-ethyl adjacent to an activating group) is 1. The quantitative estimate of drug-likeness (QED) is 0.706. The van der Waals surface area contributed by atoms with Gasteiger partial charge in [-0.3, -0.25) is 4.90 Å². The van der Waals surface area contributed by atoms with Crippen molar-refractivity contribution in [2.24, 2.45) is 0 Å². The van der Waals surface area contributed by atoms with Gasteiger partial charge >= 0.3 is 0 Å². The molecule has 0 amide bonds. The van der Waals surface area contributed by atoms with Gasteiger partial charge in [0.2, 0.25) is 0 Å². The van der Waals surface area contributed by atoms with Crippen LogP contribution in [0, 0.1) is 0 Å². The Bertz CT molecular complexity index is 251. The van der Waals surface area contributed by atoms with Crippen molar-refractivity contribution in [1.82, 2.24) is 20.0 Å². The van der Waals surface area contributed by atoms with Gasteiger partial charge in [0.1, 0.15) is 0 Å². The zero-order chi connectivity index (χ0) is 14.2. The fourth-order valence-electron chi connectivity index (χ4n) is 3.33. The Hall–Kier alpha value is -0.160. The molecule has 1 N–H and O–H groups in total. The van der Waals surface area contributed by atoms with Crippen molar-refractivity contribution in [2.75, 3.05) is 66.0 Å². The van der Waals surface area contributed by atoms with Crippen LogP contribution in [0.3, 0.4) is 0 Å². The molecule has 2 saturated heterocycles. The molecule has 0 bridgehead atoms. The summed E-state index contributed by atoms with van der Waals surface area (Å²) in [6, 6.07) is 0.814. The van der Waals surface area contributed by atoms with E-state index in [1.165, 1.54) is 78.0 Å². The lowest BCUT2D eigenvalue weighted by Gasteiger charge is -2.33. The van der Waals surface area contributed by atoms with Gasteiger partial charge in [0, 0.05) is 45.3 Å². The van der Waals surface area contributed by atoms with Crippen LogP contribution in [0.2, 0.25) is 0 Å². The highest BCUT2D eigenvalue weighted by Gasteiger charge is 2.17. The number of hydrogen-bond donors (Lipinski definition) is 1. The summed E-state index contributed by atoms with van der Waals surface area (Å²) in [6.07, 6.45) is 5.53. The number of rotatable bonds is 7. The molecule has 1 unspecified atom stereocenters. The fraction of sp³-hybridized carbons (Fsp3) is 1.00. The van der Waals surface area contributed by atoms with Crippen LogP contribution < -0.4 is 5.32 Å². The molecular formula is C16H34N4. The summed E-state index contributed by atoms with van der Waals surface area (Å²) in [6.45, 7) is 13.5. The molecule has 20 heavy (non-hydrogen) atoms. The fourth-order valence-corrected chi connectivity index (χ4v) is 3.33. The Morgan fingerprint density at radius 1 is 0.950 bits per heavy atom. The molecule has 4 heteroatoms. The molecule has 0 aromatic rings. The van der Waals surface area contributed by atoms with E-state index in [1.54, 1.807) is 0 Å². The maximum absolute atomic E-state index is 3.62. The van der Waals surface area contributed by atoms with Crippen LogP contribution in [0.15, 0.2) is 0 Å². The molecule has 2 fully saturated rings. The minimum atomic E-state index is 0.814. The SMILES string of the molecule is CC1CCCCN1CCCNCCN1CCN(C)CC1. The molecule has 0 aromatic heterocycles. The maximum Gasteiger partial charge on any atom is 0.0110 e. The molecule has 0 radical (unpaired) electrons. The maximum atomic E-state index is 3.62. The Kier molecular flexibility index (Phi) is 7.28. The molecule has 0 aliphatic carbocycles. The average molecular weight is 282 g/mol. The van der Waals surface area contributed by atoms with Crippen LogP contribution in [0.4, 0.5) is 0 Å². The Morgan fingerprint density at radius 2 is 1.75 bits per heavy atom. The molecule has 118 valence electrons. The third-order valence-electron chi connectivity index (χ3n) is 4.94. The average Bonchev–Trinajstić information content (AvgIpc) is 2.46. The highest BCUT2D eigenvalue weighted by atomic mass is 15.2. The highest BCUT2D eigenvalue weighted by Crippen LogP contribution is 2.15. The van der Waals surface area contributed by atoms with Crippen LogP contribution >= 0.6 is 0 Å². The monoisotopic (exact) mass is 282 g/mol. The third-order valence-corrected chi connectivity index (χ3v) is 4.94. The van der Waals surface area contributed by atoms with Crippen molar-refractivity contribution >= 4 is 0 Å². The zero-order valence-electron chi connectivity index (χ0n) is 13.6. The van der Waals surface area contributed by atoms with E-state index in [4.69, 9.17) is 0 Å². The molecule has 4 nitrogen and oxygen atoms in total. The molecule has 0 spiro atoms. The lowest BCUT2D eigenvalue weighted by atomic mass is 10.0. The second-order valence-corrected chi connectivity index (χ2v) is 6.63. The van der Waals surface area contributed by atoms with E-state index in [0.29, 0.717) is 0 Å². The molecule has 1 atom stereocenters. The van der Waals surface area contributed by atoms with Crippen molar-refractivity contribution in [3.05, 3.63) is 0 Å². The van der Waals surface area contributed by atoms with Crippen molar-refractivity contribution in [3.63, 3.8) is 0 Å². The molecule has 0 aromatic carbocycles. The minimum Gasteiger partial charge on any atom is -0.315 e. The van der Waals surface area contributed by atoms with Crippen molar-refractivity contribution in [3.8, 4) is 0 Å². The predicted molar refractivity (Wildman–Crippen MR) is 86.3 cm³/mol. The molecule has 2 aliphatic rings. The number of likely N-dealkylation sites (tertiary alicyclic amines) is 1. The second-order valence-electron chi connectivity index (χ2n) is 6.63. The number of piperidine rings is 1. The summed E-state index contributed by atoms with van der Waals surface area (Å²) in [5.41, 5.74) is 0. The second kappa shape index (κ2) is 8.98. The van der Waals surface area contributed by atoms with Gasteiger partial charge in [0.15, 0.2) is 0 Å². The van der Waals surface area contributed by atoms with E-state index < -0.39 is 0 Å². The zero-order valence-corrected chi connectivity index (χ0v) is 13.6. The van der Waals surface area contributed by atoms with E-state index in [-0.39, 0.29) is 0 Å². The first kappa shape index (κ1) is 16.2. The largest absolute Gasteiger partial charge is 0.315 e. The van der Waals surface area contributed by atoms with Crippen molar-refractivity contribution in [1.29, 1.82) is 0 Å². The van der Waals surface area contributed by atoms with Gasteiger partial charge in [-0.1, -0.05) is 6.42 Å². The third kappa shape index (κ3) is 5.68. The summed E-state index contributed by atoms with van der Waals surface area (Å²) in [5, 5.41) is 3.62. The number of piperazine rings is 1. The molecular weight excluding hydrogens is 248 g/mol. The summed E-state index contributed by atoms with van der Waals surface area (Å²) in [5.74, 6) is 0. The lowest BCUT2D eigenvalue weighted by Crippen LogP contribution is -2.46. The Morgan fingerprint density at radius 3 is 2.50 bits per heavy atom. The van der Waals surface area contributed by atoms with Crippen LogP contribution in [0.25, 0.3) is 0 Å². The normalized spacial score (nSPS) is 27.0. The van der Waals surface area contributed by atoms with Gasteiger partial charge in [0.05, 0.1) is 0 Å². The number of nitrogens with one attached hydrogen (secondary N) is 1. The van der Waals surface area contributed by atoms with E-state index in [1.807, 2.05) is 0 Å². The Labute approximate surface area is 125 Å². The first-order valence-corrected chi connectivity index (χ1v) is 8.61. The van der Waals surface area contributed by atoms with Gasteiger partial charge in [-0.05, 0) is 52.9 Å². The van der Waals surface area contributed by atoms with Gasteiger partial charge < -0.3 is 15.1 Å². The molecule has 2 aliphatic heterocycles. The van der Waals surface area contributed by atoms with Gasteiger partial charge in [0.25, 0.3) is 0 Å². The summed E-state index contributed by atoms with van der Waals surface area (Å²) < 4.78 is 0. The topological polar surface area (TPSA) is 21.8 Å². The summed E-state index contributed by atoms with van der Waals surface area (Å²) >= 11 is 0. The predicted octanol–water partition coefficient (Wildman–Crippen LogP) is 1.09. The first-order chi connectivity index (χ1) is 9.75. The van der Waals surface area contributed by atoms with Crippen molar-refractivity contribution < 1.29 is 0 Å². The molecule has 2 heterocycles. The van der Waals surface area contributed by atoms with E-state index >= 15 is 0 Å². The summed E-state index contributed by atoms with van der Waals surface area (Å²) in [7, 11) is 2.22. The first-order valence-electron chi connectivity index (χ1n) is 8.61. The van der Waals surface area contributed by atoms with Crippen LogP contribution in [0.1, 0.15) is 32.6 Å². The van der Waals surface area contributed by atoms with E-state index in [9.17, 15) is 0 Å². The van der Waals surface area contributed by atoms with Gasteiger partial charge in [-0.2, -0.15) is 0 Å². The van der Waals surface area contributed by atoms with Crippen LogP contribution in [-0.2, 0) is 0 Å². The number of nitrogens with zero attached hydrogens (tertiary/aromatic N) is 3. The van der Waals surface area contributed by atoms with Crippen LogP contribution in [0.5, 0.6) is 0 Å². The molecule has 2 rings (SSSR count). The Balaban J connectivity index is 1.43. The summed E-state index contributed by atoms with van der Waals surface area (Å²) in [4.78, 5) is 7.68. The van der Waals surface area contributed by atoms with Gasteiger partial charge in [-0.15, -0.1) is 0 Å². The number of hydrogen-bond acceptors (Lipinski definition) is 4. The van der Waals surface area contributed by atoms with Gasteiger partial charge in [-0.25, -0.2) is 0 Å². The standard InChI is InChI=1S/C16H34N4/c1-16-6-3-4-9-20(16)10-5-7-17-8-11-19-14-12-18(2)13-15-19/h16-17H,3-15H2,1-2H3. The highest BCUT2D eigenvalue weighted by molar-refractivity contribution is 4.73. The van der Waals surface area contributed by atoms with E-state index in [0.717, 1.165) is 12.6 Å². The van der Waals surface area contributed by atoms with Crippen LogP contribution in [-0.4, -0.2) is 86.7 Å². The minimum absolute atomic E-state index is 0.814. The molecule has 0 saturated carbocycles. The smallest absolute Gasteiger partial charge is 0.0110 e.